The summed E-state index contributed by atoms with van der Waals surface area (Å²) in [5.41, 5.74) is 5.73. The first-order chi connectivity index (χ1) is 5.07. The molecule has 0 aliphatic carbocycles. The van der Waals surface area contributed by atoms with E-state index in [1.807, 2.05) is 13.8 Å². The highest BCUT2D eigenvalue weighted by atomic mass is 32.2. The summed E-state index contributed by atoms with van der Waals surface area (Å²) in [4.78, 5) is 0. The molecule has 0 amide bonds. The summed E-state index contributed by atoms with van der Waals surface area (Å²) in [6.45, 7) is 6.03. The second kappa shape index (κ2) is 5.72. The van der Waals surface area contributed by atoms with Gasteiger partial charge in [0.2, 0.25) is 0 Å². The summed E-state index contributed by atoms with van der Waals surface area (Å²) < 4.78 is 11.3. The number of nitrogens with two attached hydrogens (primary N) is 1. The number of rotatable bonds is 5. The molecule has 0 fully saturated rings. The quantitative estimate of drug-likeness (QED) is 0.687. The van der Waals surface area contributed by atoms with Crippen LogP contribution in [-0.2, 0) is 10.8 Å². The molecule has 68 valence electrons. The lowest BCUT2D eigenvalue weighted by molar-refractivity contribution is 0.634. The molecule has 2 nitrogen and oxygen atoms in total. The van der Waals surface area contributed by atoms with E-state index in [1.54, 1.807) is 0 Å². The average Bonchev–Trinajstić information content (AvgIpc) is 1.87. The fourth-order valence-corrected chi connectivity index (χ4v) is 1.83. The van der Waals surface area contributed by atoms with E-state index in [-0.39, 0.29) is 11.3 Å². The van der Waals surface area contributed by atoms with Gasteiger partial charge in [0.1, 0.15) is 0 Å². The maximum atomic E-state index is 11.3. The Balaban J connectivity index is 3.57. The standard InChI is InChI=1S/C8H19NOS/c1-4-5-8(9)6-11(10)7(2)3/h7-8H,4-6,9H2,1-3H3. The molecule has 0 saturated heterocycles. The van der Waals surface area contributed by atoms with Crippen molar-refractivity contribution < 1.29 is 4.21 Å². The largest absolute Gasteiger partial charge is 0.327 e. The molecule has 2 unspecified atom stereocenters. The maximum absolute atomic E-state index is 11.3. The third kappa shape index (κ3) is 5.39. The Hall–Kier alpha value is 0.110. The van der Waals surface area contributed by atoms with Crippen LogP contribution < -0.4 is 5.73 Å². The molecule has 0 saturated carbocycles. The van der Waals surface area contributed by atoms with E-state index in [2.05, 4.69) is 6.92 Å². The highest BCUT2D eigenvalue weighted by Crippen LogP contribution is 2.00. The molecule has 0 aliphatic rings. The molecule has 0 aromatic rings. The maximum Gasteiger partial charge on any atom is 0.0389 e. The normalized spacial score (nSPS) is 16.8. The van der Waals surface area contributed by atoms with Gasteiger partial charge >= 0.3 is 0 Å². The zero-order valence-corrected chi connectivity index (χ0v) is 8.49. The van der Waals surface area contributed by atoms with Crippen molar-refractivity contribution in [2.24, 2.45) is 5.73 Å². The molecule has 0 bridgehead atoms. The Labute approximate surface area is 72.0 Å². The smallest absolute Gasteiger partial charge is 0.0389 e. The molecule has 11 heavy (non-hydrogen) atoms. The van der Waals surface area contributed by atoms with E-state index in [0.717, 1.165) is 12.8 Å². The van der Waals surface area contributed by atoms with Crippen LogP contribution in [0.3, 0.4) is 0 Å². The highest BCUT2D eigenvalue weighted by Gasteiger charge is 2.09. The van der Waals surface area contributed by atoms with Crippen molar-refractivity contribution in [3.05, 3.63) is 0 Å². The van der Waals surface area contributed by atoms with Crippen molar-refractivity contribution >= 4 is 10.8 Å². The fourth-order valence-electron chi connectivity index (χ4n) is 0.858. The molecule has 0 aliphatic heterocycles. The van der Waals surface area contributed by atoms with E-state index < -0.39 is 10.8 Å². The van der Waals surface area contributed by atoms with Crippen LogP contribution in [0.2, 0.25) is 0 Å². The fraction of sp³-hybridized carbons (Fsp3) is 1.00. The van der Waals surface area contributed by atoms with Gasteiger partial charge in [-0.2, -0.15) is 0 Å². The van der Waals surface area contributed by atoms with E-state index in [0.29, 0.717) is 5.75 Å². The third-order valence-corrected chi connectivity index (χ3v) is 3.37. The monoisotopic (exact) mass is 177 g/mol. The van der Waals surface area contributed by atoms with Gasteiger partial charge in [-0.1, -0.05) is 27.2 Å². The van der Waals surface area contributed by atoms with E-state index in [9.17, 15) is 4.21 Å². The van der Waals surface area contributed by atoms with E-state index in [1.165, 1.54) is 0 Å². The van der Waals surface area contributed by atoms with Crippen LogP contribution in [-0.4, -0.2) is 21.3 Å². The summed E-state index contributed by atoms with van der Waals surface area (Å²) in [5.74, 6) is 0.658. The van der Waals surface area contributed by atoms with Gasteiger partial charge in [-0.05, 0) is 6.42 Å². The minimum Gasteiger partial charge on any atom is -0.327 e. The SMILES string of the molecule is CCCC(N)CS(=O)C(C)C. The Bertz CT molecular complexity index is 125. The second-order valence-electron chi connectivity index (χ2n) is 3.14. The molecular weight excluding hydrogens is 158 g/mol. The van der Waals surface area contributed by atoms with Gasteiger partial charge in [-0.3, -0.25) is 4.21 Å². The number of hydrogen-bond acceptors (Lipinski definition) is 2. The zero-order chi connectivity index (χ0) is 8.85. The third-order valence-electron chi connectivity index (χ3n) is 1.56. The van der Waals surface area contributed by atoms with Crippen LogP contribution >= 0.6 is 0 Å². The first-order valence-corrected chi connectivity index (χ1v) is 5.58. The van der Waals surface area contributed by atoms with Gasteiger partial charge in [0.15, 0.2) is 0 Å². The van der Waals surface area contributed by atoms with Crippen LogP contribution in [0, 0.1) is 0 Å². The molecule has 2 atom stereocenters. The van der Waals surface area contributed by atoms with Crippen LogP contribution in [0.4, 0.5) is 0 Å². The Morgan fingerprint density at radius 3 is 2.36 bits per heavy atom. The van der Waals surface area contributed by atoms with Crippen LogP contribution in [0.25, 0.3) is 0 Å². The predicted molar refractivity (Wildman–Crippen MR) is 51.0 cm³/mol. The Morgan fingerprint density at radius 1 is 1.45 bits per heavy atom. The lowest BCUT2D eigenvalue weighted by Crippen LogP contribution is -2.29. The van der Waals surface area contributed by atoms with Crippen molar-refractivity contribution in [3.63, 3.8) is 0 Å². The summed E-state index contributed by atoms with van der Waals surface area (Å²) in [7, 11) is -0.728. The van der Waals surface area contributed by atoms with Crippen LogP contribution in [0.5, 0.6) is 0 Å². The summed E-state index contributed by atoms with van der Waals surface area (Å²) >= 11 is 0. The molecule has 0 rings (SSSR count). The van der Waals surface area contributed by atoms with Crippen molar-refractivity contribution in [2.75, 3.05) is 5.75 Å². The van der Waals surface area contributed by atoms with Gasteiger partial charge in [0.05, 0.1) is 0 Å². The predicted octanol–water partition coefficient (Wildman–Crippen LogP) is 1.27. The Kier molecular flexibility index (Phi) is 5.78. The number of hydrogen-bond donors (Lipinski definition) is 1. The topological polar surface area (TPSA) is 43.1 Å². The molecule has 0 radical (unpaired) electrons. The van der Waals surface area contributed by atoms with Gasteiger partial charge in [0, 0.05) is 27.8 Å². The highest BCUT2D eigenvalue weighted by molar-refractivity contribution is 7.85. The van der Waals surface area contributed by atoms with E-state index >= 15 is 0 Å². The van der Waals surface area contributed by atoms with Crippen molar-refractivity contribution in [1.82, 2.24) is 0 Å². The summed E-state index contributed by atoms with van der Waals surface area (Å²) in [6.07, 6.45) is 2.06. The molecule has 0 aromatic carbocycles. The van der Waals surface area contributed by atoms with Crippen molar-refractivity contribution in [1.29, 1.82) is 0 Å². The summed E-state index contributed by atoms with van der Waals surface area (Å²) in [6, 6.07) is 0.128. The lowest BCUT2D eigenvalue weighted by Gasteiger charge is -2.11. The van der Waals surface area contributed by atoms with Crippen LogP contribution in [0.1, 0.15) is 33.6 Å². The summed E-state index contributed by atoms with van der Waals surface area (Å²) in [5, 5.41) is 0.248. The van der Waals surface area contributed by atoms with Gasteiger partial charge in [-0.15, -0.1) is 0 Å². The minimum absolute atomic E-state index is 0.128. The Morgan fingerprint density at radius 2 is 2.00 bits per heavy atom. The first-order valence-electron chi connectivity index (χ1n) is 4.20. The molecule has 2 N–H and O–H groups in total. The van der Waals surface area contributed by atoms with Gasteiger partial charge < -0.3 is 5.73 Å². The van der Waals surface area contributed by atoms with Crippen molar-refractivity contribution in [3.8, 4) is 0 Å². The van der Waals surface area contributed by atoms with Crippen molar-refractivity contribution in [2.45, 2.75) is 44.9 Å². The van der Waals surface area contributed by atoms with Gasteiger partial charge in [-0.25, -0.2) is 0 Å². The van der Waals surface area contributed by atoms with E-state index in [4.69, 9.17) is 5.73 Å². The minimum atomic E-state index is -0.728. The molecule has 0 heterocycles. The average molecular weight is 177 g/mol. The zero-order valence-electron chi connectivity index (χ0n) is 7.67. The molecular formula is C8H19NOS. The molecule has 0 spiro atoms. The van der Waals surface area contributed by atoms with Gasteiger partial charge in [0.25, 0.3) is 0 Å². The first kappa shape index (κ1) is 11.1. The molecule has 3 heteroatoms. The second-order valence-corrected chi connectivity index (χ2v) is 5.18. The molecule has 0 aromatic heterocycles. The van der Waals surface area contributed by atoms with Crippen LogP contribution in [0.15, 0.2) is 0 Å². The lowest BCUT2D eigenvalue weighted by atomic mass is 10.2.